The van der Waals surface area contributed by atoms with Crippen LogP contribution in [0.3, 0.4) is 0 Å². The van der Waals surface area contributed by atoms with E-state index in [0.29, 0.717) is 5.92 Å². The second kappa shape index (κ2) is 4.99. The monoisotopic (exact) mass is 318 g/mol. The molecule has 2 heteroatoms. The van der Waals surface area contributed by atoms with Gasteiger partial charge in [-0.25, -0.2) is 0 Å². The average Bonchev–Trinajstić information content (AvgIpc) is 3.24. The maximum atomic E-state index is 12.6. The molecular formula is C21H34O2. The lowest BCUT2D eigenvalue weighted by Gasteiger charge is -2.45. The molecule has 0 N–H and O–H groups in total. The van der Waals surface area contributed by atoms with E-state index >= 15 is 0 Å². The molecule has 0 aromatic carbocycles. The average molecular weight is 319 g/mol. The van der Waals surface area contributed by atoms with Crippen molar-refractivity contribution in [3.05, 3.63) is 0 Å². The van der Waals surface area contributed by atoms with Gasteiger partial charge in [-0.1, -0.05) is 6.92 Å². The zero-order valence-electron chi connectivity index (χ0n) is 15.6. The lowest BCUT2D eigenvalue weighted by molar-refractivity contribution is -0.176. The van der Waals surface area contributed by atoms with Gasteiger partial charge in [-0.15, -0.1) is 0 Å². The number of fused-ring (bicyclic) bond motifs is 9. The van der Waals surface area contributed by atoms with Crippen molar-refractivity contribution >= 4 is 5.97 Å². The normalized spacial score (nSPS) is 44.7. The number of hydrogen-bond donors (Lipinski definition) is 0. The van der Waals surface area contributed by atoms with Crippen molar-refractivity contribution in [3.8, 4) is 0 Å². The number of carbonyl (C=O) groups excluding carboxylic acids is 1. The molecule has 4 bridgehead atoms. The smallest absolute Gasteiger partial charge is 0.312 e. The number of ether oxygens (including phenoxy) is 1. The highest BCUT2D eigenvalue weighted by Gasteiger charge is 2.64. The first-order valence-corrected chi connectivity index (χ1v) is 9.98. The molecule has 23 heavy (non-hydrogen) atoms. The maximum Gasteiger partial charge on any atom is 0.312 e. The molecule has 4 fully saturated rings. The summed E-state index contributed by atoms with van der Waals surface area (Å²) in [5, 5.41) is 0. The summed E-state index contributed by atoms with van der Waals surface area (Å²) in [6.45, 7) is 10.5. The molecule has 0 heterocycles. The summed E-state index contributed by atoms with van der Waals surface area (Å²) >= 11 is 0. The van der Waals surface area contributed by atoms with E-state index in [1.54, 1.807) is 0 Å². The molecule has 4 rings (SSSR count). The van der Waals surface area contributed by atoms with Crippen molar-refractivity contribution in [1.29, 1.82) is 0 Å². The molecule has 0 saturated heterocycles. The Morgan fingerprint density at radius 2 is 1.61 bits per heavy atom. The summed E-state index contributed by atoms with van der Waals surface area (Å²) in [6, 6.07) is 0. The molecule has 7 unspecified atom stereocenters. The van der Waals surface area contributed by atoms with Gasteiger partial charge in [0.15, 0.2) is 0 Å². The topological polar surface area (TPSA) is 26.3 Å². The lowest BCUT2D eigenvalue weighted by Crippen LogP contribution is -2.46. The van der Waals surface area contributed by atoms with Crippen LogP contribution in [-0.4, -0.2) is 11.6 Å². The molecule has 2 nitrogen and oxygen atoms in total. The molecule has 4 aliphatic carbocycles. The second-order valence-corrected chi connectivity index (χ2v) is 10.2. The summed E-state index contributed by atoms with van der Waals surface area (Å²) in [4.78, 5) is 12.6. The summed E-state index contributed by atoms with van der Waals surface area (Å²) in [5.74, 6) is 6.40. The SMILES string of the molecule is CCC(C)(C)C(=O)OC(C)(C)C1CC2CC1C1C3CCC(C3)C21. The molecule has 0 spiro atoms. The fourth-order valence-electron chi connectivity index (χ4n) is 6.96. The fraction of sp³-hybridized carbons (Fsp3) is 0.952. The van der Waals surface area contributed by atoms with E-state index < -0.39 is 0 Å². The Bertz CT molecular complexity index is 506. The van der Waals surface area contributed by atoms with E-state index in [1.807, 2.05) is 13.8 Å². The van der Waals surface area contributed by atoms with Gasteiger partial charge in [0, 0.05) is 5.92 Å². The summed E-state index contributed by atoms with van der Waals surface area (Å²) < 4.78 is 6.12. The lowest BCUT2D eigenvalue weighted by atomic mass is 9.64. The third-order valence-electron chi connectivity index (χ3n) is 8.42. The summed E-state index contributed by atoms with van der Waals surface area (Å²) in [7, 11) is 0. The van der Waals surface area contributed by atoms with Crippen LogP contribution in [0.1, 0.15) is 73.1 Å². The highest BCUT2D eigenvalue weighted by Crippen LogP contribution is 2.70. The van der Waals surface area contributed by atoms with Crippen molar-refractivity contribution in [2.45, 2.75) is 78.7 Å². The molecule has 0 radical (unpaired) electrons. The standard InChI is InChI=1S/C21H34O2/c1-6-20(2,3)19(22)23-21(4,5)16-11-14-10-15(16)18-13-8-7-12(9-13)17(14)18/h12-18H,6-11H2,1-5H3. The van der Waals surface area contributed by atoms with Crippen LogP contribution in [0.2, 0.25) is 0 Å². The molecule has 4 aliphatic rings. The molecular weight excluding hydrogens is 284 g/mol. The van der Waals surface area contributed by atoms with Gasteiger partial charge in [0.2, 0.25) is 0 Å². The quantitative estimate of drug-likeness (QED) is 0.535. The van der Waals surface area contributed by atoms with Gasteiger partial charge < -0.3 is 4.74 Å². The van der Waals surface area contributed by atoms with Crippen LogP contribution in [0.15, 0.2) is 0 Å². The fourth-order valence-corrected chi connectivity index (χ4v) is 6.96. The highest BCUT2D eigenvalue weighted by atomic mass is 16.6. The van der Waals surface area contributed by atoms with Crippen LogP contribution in [0.5, 0.6) is 0 Å². The number of carbonyl (C=O) groups is 1. The zero-order chi connectivity index (χ0) is 16.6. The first-order valence-electron chi connectivity index (χ1n) is 9.98. The second-order valence-electron chi connectivity index (χ2n) is 10.2. The molecule has 4 saturated carbocycles. The molecule has 7 atom stereocenters. The predicted molar refractivity (Wildman–Crippen MR) is 91.8 cm³/mol. The Morgan fingerprint density at radius 1 is 0.957 bits per heavy atom. The van der Waals surface area contributed by atoms with Crippen LogP contribution in [-0.2, 0) is 9.53 Å². The summed E-state index contributed by atoms with van der Waals surface area (Å²) in [5.41, 5.74) is -0.653. The molecule has 0 amide bonds. The highest BCUT2D eigenvalue weighted by molar-refractivity contribution is 5.76. The van der Waals surface area contributed by atoms with Crippen LogP contribution >= 0.6 is 0 Å². The molecule has 0 aromatic rings. The third-order valence-corrected chi connectivity index (χ3v) is 8.42. The van der Waals surface area contributed by atoms with E-state index in [-0.39, 0.29) is 17.0 Å². The maximum absolute atomic E-state index is 12.6. The van der Waals surface area contributed by atoms with Crippen molar-refractivity contribution in [3.63, 3.8) is 0 Å². The predicted octanol–water partition coefficient (Wildman–Crippen LogP) is 5.06. The minimum Gasteiger partial charge on any atom is -0.459 e. The van der Waals surface area contributed by atoms with E-state index in [0.717, 1.165) is 41.9 Å². The third kappa shape index (κ3) is 2.23. The molecule has 0 aromatic heterocycles. The van der Waals surface area contributed by atoms with Crippen LogP contribution in [0, 0.1) is 46.8 Å². The number of rotatable bonds is 4. The molecule has 0 aliphatic heterocycles. The minimum atomic E-state index is -0.357. The van der Waals surface area contributed by atoms with E-state index in [4.69, 9.17) is 4.74 Å². The Hall–Kier alpha value is -0.530. The van der Waals surface area contributed by atoms with E-state index in [1.165, 1.54) is 32.1 Å². The molecule has 130 valence electrons. The Kier molecular flexibility index (Phi) is 3.46. The van der Waals surface area contributed by atoms with Crippen molar-refractivity contribution in [1.82, 2.24) is 0 Å². The zero-order valence-corrected chi connectivity index (χ0v) is 15.6. The number of esters is 1. The largest absolute Gasteiger partial charge is 0.459 e. The van der Waals surface area contributed by atoms with Crippen LogP contribution in [0.4, 0.5) is 0 Å². The Morgan fingerprint density at radius 3 is 2.26 bits per heavy atom. The van der Waals surface area contributed by atoms with Gasteiger partial charge in [-0.3, -0.25) is 4.79 Å². The first-order chi connectivity index (χ1) is 10.7. The van der Waals surface area contributed by atoms with Gasteiger partial charge in [-0.05, 0) is 102 Å². The van der Waals surface area contributed by atoms with E-state index in [2.05, 4.69) is 20.8 Å². The minimum absolute atomic E-state index is 0.00253. The first kappa shape index (κ1) is 16.0. The van der Waals surface area contributed by atoms with Crippen molar-refractivity contribution in [2.75, 3.05) is 0 Å². The van der Waals surface area contributed by atoms with E-state index in [9.17, 15) is 4.79 Å². The summed E-state index contributed by atoms with van der Waals surface area (Å²) in [6.07, 6.45) is 8.06. The van der Waals surface area contributed by atoms with Gasteiger partial charge in [0.05, 0.1) is 5.41 Å². The van der Waals surface area contributed by atoms with Crippen LogP contribution in [0.25, 0.3) is 0 Å². The van der Waals surface area contributed by atoms with Gasteiger partial charge in [0.25, 0.3) is 0 Å². The Balaban J connectivity index is 1.50. The van der Waals surface area contributed by atoms with Gasteiger partial charge >= 0.3 is 5.97 Å². The Labute approximate surface area is 141 Å². The van der Waals surface area contributed by atoms with Gasteiger partial charge in [0.1, 0.15) is 5.60 Å². The van der Waals surface area contributed by atoms with Crippen molar-refractivity contribution in [2.24, 2.45) is 46.8 Å². The van der Waals surface area contributed by atoms with Gasteiger partial charge in [-0.2, -0.15) is 0 Å². The number of hydrogen-bond acceptors (Lipinski definition) is 2. The van der Waals surface area contributed by atoms with Crippen molar-refractivity contribution < 1.29 is 9.53 Å². The van der Waals surface area contributed by atoms with Crippen LogP contribution < -0.4 is 0 Å².